The van der Waals surface area contributed by atoms with E-state index in [0.717, 1.165) is 19.6 Å². The van der Waals surface area contributed by atoms with Gasteiger partial charge in [-0.15, -0.1) is 0 Å². The quantitative estimate of drug-likeness (QED) is 0.580. The van der Waals surface area contributed by atoms with Crippen LogP contribution in [0.1, 0.15) is 25.7 Å². The molecule has 3 heterocycles. The molecule has 0 N–H and O–H groups in total. The van der Waals surface area contributed by atoms with Crippen LogP contribution in [0.5, 0.6) is 0 Å². The zero-order valence-electron chi connectivity index (χ0n) is 7.78. The van der Waals surface area contributed by atoms with Gasteiger partial charge >= 0.3 is 0 Å². The second-order valence-electron chi connectivity index (χ2n) is 4.29. The normalized spacial score (nSPS) is 46.2. The monoisotopic (exact) mass is 184 g/mol. The molecule has 0 amide bonds. The molecular formula is C10H16O3. The Bertz CT molecular complexity index is 187. The van der Waals surface area contributed by atoms with Gasteiger partial charge in [0.1, 0.15) is 0 Å². The molecule has 0 aromatic rings. The van der Waals surface area contributed by atoms with Crippen LogP contribution in [0.2, 0.25) is 0 Å². The number of hydrogen-bond donors (Lipinski definition) is 0. The molecule has 3 fully saturated rings. The van der Waals surface area contributed by atoms with E-state index in [9.17, 15) is 0 Å². The van der Waals surface area contributed by atoms with E-state index in [2.05, 4.69) is 0 Å². The van der Waals surface area contributed by atoms with E-state index in [1.54, 1.807) is 0 Å². The molecule has 0 spiro atoms. The van der Waals surface area contributed by atoms with Crippen molar-refractivity contribution in [1.29, 1.82) is 0 Å². The van der Waals surface area contributed by atoms with Crippen LogP contribution in [-0.4, -0.2) is 37.6 Å². The van der Waals surface area contributed by atoms with E-state index < -0.39 is 0 Å². The zero-order chi connectivity index (χ0) is 8.67. The molecule has 3 aliphatic rings. The summed E-state index contributed by atoms with van der Waals surface area (Å²) >= 11 is 0. The minimum atomic E-state index is 0.521. The van der Waals surface area contributed by atoms with Gasteiger partial charge < -0.3 is 14.2 Å². The van der Waals surface area contributed by atoms with E-state index in [-0.39, 0.29) is 0 Å². The van der Waals surface area contributed by atoms with Gasteiger partial charge in [0.25, 0.3) is 0 Å². The Kier molecular flexibility index (Phi) is 2.04. The third-order valence-corrected chi connectivity index (χ3v) is 3.00. The van der Waals surface area contributed by atoms with Gasteiger partial charge in [-0.3, -0.25) is 0 Å². The summed E-state index contributed by atoms with van der Waals surface area (Å²) < 4.78 is 15.9. The van der Waals surface area contributed by atoms with Gasteiger partial charge in [-0.25, -0.2) is 0 Å². The Morgan fingerprint density at radius 3 is 2.38 bits per heavy atom. The first-order chi connectivity index (χ1) is 6.42. The molecule has 0 radical (unpaired) electrons. The van der Waals surface area contributed by atoms with Crippen LogP contribution in [0.3, 0.4) is 0 Å². The van der Waals surface area contributed by atoms with Gasteiger partial charge in [-0.1, -0.05) is 0 Å². The standard InChI is InChI=1S/C10H16O3/c1(2-7-5-11-7)3-9-10(13-9)4-8-6-12-8/h7-10H,1-6H2. The van der Waals surface area contributed by atoms with Crippen molar-refractivity contribution in [3.05, 3.63) is 0 Å². The van der Waals surface area contributed by atoms with Crippen molar-refractivity contribution in [2.24, 2.45) is 0 Å². The van der Waals surface area contributed by atoms with E-state index >= 15 is 0 Å². The van der Waals surface area contributed by atoms with E-state index in [4.69, 9.17) is 14.2 Å². The van der Waals surface area contributed by atoms with Crippen LogP contribution in [0.4, 0.5) is 0 Å². The van der Waals surface area contributed by atoms with Crippen molar-refractivity contribution >= 4 is 0 Å². The van der Waals surface area contributed by atoms with E-state index in [1.807, 2.05) is 0 Å². The van der Waals surface area contributed by atoms with E-state index in [0.29, 0.717) is 24.4 Å². The van der Waals surface area contributed by atoms with Crippen molar-refractivity contribution in [2.75, 3.05) is 13.2 Å². The summed E-state index contributed by atoms with van der Waals surface area (Å²) in [6.07, 6.45) is 7.02. The third kappa shape index (κ3) is 2.42. The fourth-order valence-corrected chi connectivity index (χ4v) is 1.89. The average Bonchev–Trinajstić information content (AvgIpc) is 2.91. The molecule has 3 saturated heterocycles. The highest BCUT2D eigenvalue weighted by atomic mass is 16.6. The molecule has 0 bridgehead atoms. The van der Waals surface area contributed by atoms with Gasteiger partial charge in [0.15, 0.2) is 0 Å². The predicted octanol–water partition coefficient (Wildman–Crippen LogP) is 1.11. The van der Waals surface area contributed by atoms with Gasteiger partial charge in [-0.2, -0.15) is 0 Å². The Morgan fingerprint density at radius 2 is 1.69 bits per heavy atom. The molecule has 3 aliphatic heterocycles. The zero-order valence-corrected chi connectivity index (χ0v) is 7.78. The molecule has 3 nitrogen and oxygen atoms in total. The lowest BCUT2D eigenvalue weighted by molar-refractivity contribution is 0.325. The van der Waals surface area contributed by atoms with Crippen LogP contribution in [0, 0.1) is 0 Å². The van der Waals surface area contributed by atoms with Crippen molar-refractivity contribution in [1.82, 2.24) is 0 Å². The SMILES string of the molecule is C(CC1CO1)CC1OC1CC1CO1. The van der Waals surface area contributed by atoms with Gasteiger partial charge in [0.05, 0.1) is 37.6 Å². The smallest absolute Gasteiger partial charge is 0.0867 e. The van der Waals surface area contributed by atoms with Crippen LogP contribution < -0.4 is 0 Å². The molecule has 3 rings (SSSR count). The second-order valence-corrected chi connectivity index (χ2v) is 4.29. The van der Waals surface area contributed by atoms with Crippen LogP contribution in [0.15, 0.2) is 0 Å². The Balaban J connectivity index is 1.25. The molecule has 4 atom stereocenters. The Labute approximate surface area is 78.3 Å². The maximum Gasteiger partial charge on any atom is 0.0867 e. The predicted molar refractivity (Wildman–Crippen MR) is 46.6 cm³/mol. The lowest BCUT2D eigenvalue weighted by Crippen LogP contribution is -1.99. The highest BCUT2D eigenvalue weighted by Gasteiger charge is 2.42. The number of hydrogen-bond acceptors (Lipinski definition) is 3. The minimum absolute atomic E-state index is 0.521. The highest BCUT2D eigenvalue weighted by Crippen LogP contribution is 2.34. The number of epoxide rings is 3. The summed E-state index contributed by atoms with van der Waals surface area (Å²) in [6, 6.07) is 0. The van der Waals surface area contributed by atoms with Crippen molar-refractivity contribution in [3.8, 4) is 0 Å². The van der Waals surface area contributed by atoms with Crippen molar-refractivity contribution in [3.63, 3.8) is 0 Å². The molecule has 4 unspecified atom stereocenters. The van der Waals surface area contributed by atoms with Crippen LogP contribution >= 0.6 is 0 Å². The van der Waals surface area contributed by atoms with Crippen LogP contribution in [0.25, 0.3) is 0 Å². The Hall–Kier alpha value is -0.120. The first kappa shape index (κ1) is 8.21. The summed E-state index contributed by atoms with van der Waals surface area (Å²) in [7, 11) is 0. The maximum absolute atomic E-state index is 5.55. The molecular weight excluding hydrogens is 168 g/mol. The molecule has 0 aromatic carbocycles. The van der Waals surface area contributed by atoms with Crippen molar-refractivity contribution in [2.45, 2.75) is 50.1 Å². The minimum Gasteiger partial charge on any atom is -0.373 e. The van der Waals surface area contributed by atoms with Gasteiger partial charge in [-0.05, 0) is 19.3 Å². The topological polar surface area (TPSA) is 37.6 Å². The first-order valence-corrected chi connectivity index (χ1v) is 5.30. The fourth-order valence-electron chi connectivity index (χ4n) is 1.89. The Morgan fingerprint density at radius 1 is 0.923 bits per heavy atom. The molecule has 0 aromatic heterocycles. The van der Waals surface area contributed by atoms with E-state index in [1.165, 1.54) is 19.3 Å². The summed E-state index contributed by atoms with van der Waals surface area (Å²) in [6.45, 7) is 1.95. The lowest BCUT2D eigenvalue weighted by Gasteiger charge is -1.93. The fraction of sp³-hybridized carbons (Fsp3) is 1.00. The second kappa shape index (κ2) is 3.23. The summed E-state index contributed by atoms with van der Waals surface area (Å²) in [5.74, 6) is 0. The van der Waals surface area contributed by atoms with Crippen LogP contribution in [-0.2, 0) is 14.2 Å². The number of ether oxygens (including phenoxy) is 3. The highest BCUT2D eigenvalue weighted by molar-refractivity contribution is 4.89. The lowest BCUT2D eigenvalue weighted by atomic mass is 10.1. The van der Waals surface area contributed by atoms with Gasteiger partial charge in [0.2, 0.25) is 0 Å². The largest absolute Gasteiger partial charge is 0.373 e. The molecule has 13 heavy (non-hydrogen) atoms. The summed E-state index contributed by atoms with van der Waals surface area (Å²) in [5, 5.41) is 0. The summed E-state index contributed by atoms with van der Waals surface area (Å²) in [4.78, 5) is 0. The van der Waals surface area contributed by atoms with Gasteiger partial charge in [0, 0.05) is 6.42 Å². The summed E-state index contributed by atoms with van der Waals surface area (Å²) in [5.41, 5.74) is 0. The average molecular weight is 184 g/mol. The maximum atomic E-state index is 5.55. The molecule has 74 valence electrons. The third-order valence-electron chi connectivity index (χ3n) is 3.00. The number of rotatable bonds is 6. The first-order valence-electron chi connectivity index (χ1n) is 5.30. The molecule has 0 saturated carbocycles. The molecule has 0 aliphatic carbocycles. The molecule has 3 heteroatoms. The van der Waals surface area contributed by atoms with Crippen molar-refractivity contribution < 1.29 is 14.2 Å².